The van der Waals surface area contributed by atoms with Crippen molar-refractivity contribution < 1.29 is 4.79 Å². The Morgan fingerprint density at radius 1 is 1.44 bits per heavy atom. The van der Waals surface area contributed by atoms with Crippen molar-refractivity contribution in [3.05, 3.63) is 11.9 Å². The van der Waals surface area contributed by atoms with Crippen LogP contribution in [0.3, 0.4) is 0 Å². The van der Waals surface area contributed by atoms with Gasteiger partial charge in [0.05, 0.1) is 5.69 Å². The second-order valence-electron chi connectivity index (χ2n) is 4.93. The van der Waals surface area contributed by atoms with Crippen LogP contribution in [-0.4, -0.2) is 33.7 Å². The zero-order valence-electron chi connectivity index (χ0n) is 11.2. The summed E-state index contributed by atoms with van der Waals surface area (Å²) < 4.78 is 1.71. The first-order valence-corrected chi connectivity index (χ1v) is 6.77. The molecule has 0 atom stereocenters. The van der Waals surface area contributed by atoms with Crippen LogP contribution in [0, 0.1) is 5.92 Å². The molecular weight excluding hydrogens is 228 g/mol. The molecule has 0 unspecified atom stereocenters. The first kappa shape index (κ1) is 12.9. The fourth-order valence-corrected chi connectivity index (χ4v) is 2.46. The smallest absolute Gasteiger partial charge is 0.276 e. The van der Waals surface area contributed by atoms with Gasteiger partial charge in [0, 0.05) is 25.8 Å². The van der Waals surface area contributed by atoms with Gasteiger partial charge >= 0.3 is 0 Å². The second-order valence-corrected chi connectivity index (χ2v) is 4.93. The molecule has 2 heterocycles. The molecule has 5 nitrogen and oxygen atoms in total. The van der Waals surface area contributed by atoms with Crippen molar-refractivity contribution in [1.82, 2.24) is 14.7 Å². The van der Waals surface area contributed by atoms with E-state index in [-0.39, 0.29) is 5.91 Å². The van der Waals surface area contributed by atoms with Crippen LogP contribution in [0.5, 0.6) is 0 Å². The van der Waals surface area contributed by atoms with E-state index in [2.05, 4.69) is 12.0 Å². The van der Waals surface area contributed by atoms with Crippen LogP contribution in [-0.2, 0) is 6.54 Å². The summed E-state index contributed by atoms with van der Waals surface area (Å²) in [6.45, 7) is 6.58. The van der Waals surface area contributed by atoms with Crippen LogP contribution in [0.25, 0.3) is 0 Å². The number of carbonyl (C=O) groups excluding carboxylic acids is 1. The highest BCUT2D eigenvalue weighted by molar-refractivity contribution is 5.97. The number of nitrogen functional groups attached to an aromatic ring is 1. The van der Waals surface area contributed by atoms with Gasteiger partial charge in [0.1, 0.15) is 0 Å². The van der Waals surface area contributed by atoms with E-state index in [0.717, 1.165) is 38.4 Å². The summed E-state index contributed by atoms with van der Waals surface area (Å²) in [4.78, 5) is 14.2. The Kier molecular flexibility index (Phi) is 3.89. The SMILES string of the molecule is CCC1CCN(C(=O)c2nn(CC)cc2N)CC1. The van der Waals surface area contributed by atoms with E-state index in [9.17, 15) is 4.79 Å². The molecule has 0 aliphatic carbocycles. The maximum absolute atomic E-state index is 12.3. The van der Waals surface area contributed by atoms with Gasteiger partial charge in [-0.15, -0.1) is 0 Å². The van der Waals surface area contributed by atoms with Crippen molar-refractivity contribution >= 4 is 11.6 Å². The number of aromatic nitrogens is 2. The van der Waals surface area contributed by atoms with Crippen molar-refractivity contribution in [2.45, 2.75) is 39.7 Å². The Bertz CT molecular complexity index is 419. The van der Waals surface area contributed by atoms with E-state index in [4.69, 9.17) is 5.73 Å². The lowest BCUT2D eigenvalue weighted by Gasteiger charge is -2.31. The number of piperidine rings is 1. The highest BCUT2D eigenvalue weighted by Gasteiger charge is 2.25. The maximum Gasteiger partial charge on any atom is 0.276 e. The number of nitrogens with two attached hydrogens (primary N) is 1. The third-order valence-electron chi connectivity index (χ3n) is 3.80. The zero-order chi connectivity index (χ0) is 13.1. The molecule has 0 bridgehead atoms. The molecule has 1 saturated heterocycles. The zero-order valence-corrected chi connectivity index (χ0v) is 11.2. The highest BCUT2D eigenvalue weighted by Crippen LogP contribution is 2.22. The maximum atomic E-state index is 12.3. The summed E-state index contributed by atoms with van der Waals surface area (Å²) in [5.41, 5.74) is 6.74. The fraction of sp³-hybridized carbons (Fsp3) is 0.692. The minimum atomic E-state index is -0.0192. The van der Waals surface area contributed by atoms with Crippen LogP contribution in [0.4, 0.5) is 5.69 Å². The molecule has 100 valence electrons. The predicted molar refractivity (Wildman–Crippen MR) is 71.2 cm³/mol. The Balaban J connectivity index is 2.05. The van der Waals surface area contributed by atoms with Crippen molar-refractivity contribution in [3.63, 3.8) is 0 Å². The van der Waals surface area contributed by atoms with Crippen LogP contribution in [0.2, 0.25) is 0 Å². The third-order valence-corrected chi connectivity index (χ3v) is 3.80. The number of hydrogen-bond acceptors (Lipinski definition) is 3. The molecule has 1 aromatic heterocycles. The number of likely N-dealkylation sites (tertiary alicyclic amines) is 1. The van der Waals surface area contributed by atoms with Crippen LogP contribution < -0.4 is 5.73 Å². The Labute approximate surface area is 108 Å². The molecule has 1 fully saturated rings. The molecule has 1 aliphatic rings. The van der Waals surface area contributed by atoms with E-state index in [1.165, 1.54) is 6.42 Å². The topological polar surface area (TPSA) is 64.2 Å². The van der Waals surface area contributed by atoms with E-state index >= 15 is 0 Å². The normalized spacial score (nSPS) is 17.1. The quantitative estimate of drug-likeness (QED) is 0.888. The number of amides is 1. The number of carbonyl (C=O) groups is 1. The van der Waals surface area contributed by atoms with E-state index in [1.54, 1.807) is 10.9 Å². The van der Waals surface area contributed by atoms with Gasteiger partial charge in [-0.05, 0) is 25.7 Å². The molecule has 0 aromatic carbocycles. The summed E-state index contributed by atoms with van der Waals surface area (Å²) in [5, 5.41) is 4.24. The number of rotatable bonds is 3. The molecule has 1 aliphatic heterocycles. The molecular formula is C13H22N4O. The molecule has 5 heteroatoms. The number of anilines is 1. The molecule has 1 amide bonds. The average molecular weight is 250 g/mol. The summed E-state index contributed by atoms with van der Waals surface area (Å²) in [6.07, 6.45) is 5.12. The fourth-order valence-electron chi connectivity index (χ4n) is 2.46. The minimum Gasteiger partial charge on any atom is -0.396 e. The molecule has 2 rings (SSSR count). The third kappa shape index (κ3) is 2.49. The molecule has 0 radical (unpaired) electrons. The molecule has 18 heavy (non-hydrogen) atoms. The van der Waals surface area contributed by atoms with Gasteiger partial charge in [-0.2, -0.15) is 5.10 Å². The lowest BCUT2D eigenvalue weighted by atomic mass is 9.94. The average Bonchev–Trinajstić information content (AvgIpc) is 2.79. The standard InChI is InChI=1S/C13H22N4O/c1-3-10-5-7-16(8-6-10)13(18)12-11(14)9-17(4-2)15-12/h9-10H,3-8,14H2,1-2H3. The monoisotopic (exact) mass is 250 g/mol. The number of hydrogen-bond donors (Lipinski definition) is 1. The molecule has 1 aromatic rings. The summed E-state index contributed by atoms with van der Waals surface area (Å²) in [5.74, 6) is 0.744. The van der Waals surface area contributed by atoms with Crippen molar-refractivity contribution in [2.24, 2.45) is 5.92 Å². The van der Waals surface area contributed by atoms with Gasteiger partial charge in [0.2, 0.25) is 0 Å². The van der Waals surface area contributed by atoms with E-state index in [0.29, 0.717) is 11.4 Å². The summed E-state index contributed by atoms with van der Waals surface area (Å²) in [7, 11) is 0. The molecule has 0 spiro atoms. The second kappa shape index (κ2) is 5.42. The Morgan fingerprint density at radius 3 is 2.61 bits per heavy atom. The van der Waals surface area contributed by atoms with Crippen molar-refractivity contribution in [2.75, 3.05) is 18.8 Å². The van der Waals surface area contributed by atoms with Crippen LogP contribution >= 0.6 is 0 Å². The van der Waals surface area contributed by atoms with E-state index in [1.807, 2.05) is 11.8 Å². The van der Waals surface area contributed by atoms with Crippen molar-refractivity contribution in [1.29, 1.82) is 0 Å². The number of aryl methyl sites for hydroxylation is 1. The van der Waals surface area contributed by atoms with E-state index < -0.39 is 0 Å². The molecule has 0 saturated carbocycles. The summed E-state index contributed by atoms with van der Waals surface area (Å²) in [6, 6.07) is 0. The minimum absolute atomic E-state index is 0.0192. The lowest BCUT2D eigenvalue weighted by molar-refractivity contribution is 0.0683. The first-order chi connectivity index (χ1) is 8.65. The Hall–Kier alpha value is -1.52. The van der Waals surface area contributed by atoms with Gasteiger partial charge in [0.15, 0.2) is 5.69 Å². The largest absolute Gasteiger partial charge is 0.396 e. The predicted octanol–water partition coefficient (Wildman–Crippen LogP) is 1.75. The lowest BCUT2D eigenvalue weighted by Crippen LogP contribution is -2.38. The van der Waals surface area contributed by atoms with Crippen LogP contribution in [0.1, 0.15) is 43.6 Å². The van der Waals surface area contributed by atoms with Gasteiger partial charge < -0.3 is 10.6 Å². The first-order valence-electron chi connectivity index (χ1n) is 6.77. The van der Waals surface area contributed by atoms with Crippen LogP contribution in [0.15, 0.2) is 6.20 Å². The molecule has 2 N–H and O–H groups in total. The number of nitrogens with zero attached hydrogens (tertiary/aromatic N) is 3. The van der Waals surface area contributed by atoms with Gasteiger partial charge in [-0.1, -0.05) is 13.3 Å². The Morgan fingerprint density at radius 2 is 2.11 bits per heavy atom. The van der Waals surface area contributed by atoms with Gasteiger partial charge in [-0.3, -0.25) is 9.48 Å². The summed E-state index contributed by atoms with van der Waals surface area (Å²) >= 11 is 0. The van der Waals surface area contributed by atoms with Gasteiger partial charge in [0.25, 0.3) is 5.91 Å². The highest BCUT2D eigenvalue weighted by atomic mass is 16.2. The van der Waals surface area contributed by atoms with Gasteiger partial charge in [-0.25, -0.2) is 0 Å². The van der Waals surface area contributed by atoms with Crippen molar-refractivity contribution in [3.8, 4) is 0 Å².